The number of guanidine groups is 1. The number of thiophene rings is 1. The molecular formula is C18H27IN4OS. The van der Waals surface area contributed by atoms with Crippen LogP contribution >= 0.6 is 35.3 Å². The van der Waals surface area contributed by atoms with Gasteiger partial charge in [0.25, 0.3) is 0 Å². The van der Waals surface area contributed by atoms with Gasteiger partial charge in [-0.1, -0.05) is 26.0 Å². The second-order valence-corrected chi connectivity index (χ2v) is 7.03. The van der Waals surface area contributed by atoms with E-state index in [2.05, 4.69) is 58.9 Å². The molecule has 2 aromatic heterocycles. The normalized spacial score (nSPS) is 11.6. The van der Waals surface area contributed by atoms with Crippen molar-refractivity contribution in [2.75, 3.05) is 20.2 Å². The van der Waals surface area contributed by atoms with Gasteiger partial charge in [-0.2, -0.15) is 0 Å². The number of methoxy groups -OCH3 is 1. The van der Waals surface area contributed by atoms with Crippen LogP contribution in [-0.2, 0) is 12.0 Å². The largest absolute Gasteiger partial charge is 0.481 e. The predicted octanol–water partition coefficient (Wildman–Crippen LogP) is 3.80. The molecule has 0 aliphatic rings. The van der Waals surface area contributed by atoms with Gasteiger partial charge in [0.05, 0.1) is 13.7 Å². The van der Waals surface area contributed by atoms with Crippen molar-refractivity contribution in [1.82, 2.24) is 15.6 Å². The second-order valence-electron chi connectivity index (χ2n) is 6.08. The zero-order chi connectivity index (χ0) is 17.4. The highest BCUT2D eigenvalue weighted by Gasteiger charge is 2.21. The van der Waals surface area contributed by atoms with E-state index in [4.69, 9.17) is 4.74 Å². The molecule has 2 rings (SSSR count). The monoisotopic (exact) mass is 474 g/mol. The number of aromatic nitrogens is 1. The van der Waals surface area contributed by atoms with Gasteiger partial charge in [0.1, 0.15) is 0 Å². The summed E-state index contributed by atoms with van der Waals surface area (Å²) in [5.74, 6) is 1.42. The first-order chi connectivity index (χ1) is 11.6. The van der Waals surface area contributed by atoms with Gasteiger partial charge in [0.2, 0.25) is 5.88 Å². The minimum atomic E-state index is 0. The maximum absolute atomic E-state index is 5.28. The predicted molar refractivity (Wildman–Crippen MR) is 116 cm³/mol. The number of rotatable bonds is 7. The van der Waals surface area contributed by atoms with Crippen LogP contribution in [0.2, 0.25) is 0 Å². The topological polar surface area (TPSA) is 58.5 Å². The third-order valence-corrected chi connectivity index (χ3v) is 4.92. The molecule has 2 heterocycles. The Bertz CT molecular complexity index is 659. The van der Waals surface area contributed by atoms with Crippen molar-refractivity contribution < 1.29 is 4.74 Å². The molecule has 2 aromatic rings. The van der Waals surface area contributed by atoms with E-state index in [1.165, 1.54) is 4.88 Å². The quantitative estimate of drug-likeness (QED) is 0.364. The Balaban J connectivity index is 0.00000312. The molecule has 0 fully saturated rings. The molecule has 5 nitrogen and oxygen atoms in total. The number of halogens is 1. The number of ether oxygens (including phenoxy) is 1. The second kappa shape index (κ2) is 10.6. The lowest BCUT2D eigenvalue weighted by Crippen LogP contribution is -2.43. The lowest BCUT2D eigenvalue weighted by Gasteiger charge is -2.25. The third-order valence-electron chi connectivity index (χ3n) is 3.68. The first-order valence-electron chi connectivity index (χ1n) is 8.11. The Morgan fingerprint density at radius 1 is 1.28 bits per heavy atom. The molecule has 0 unspecified atom stereocenters. The van der Waals surface area contributed by atoms with Crippen molar-refractivity contribution in [3.63, 3.8) is 0 Å². The molecule has 0 saturated heterocycles. The fourth-order valence-corrected chi connectivity index (χ4v) is 3.14. The first kappa shape index (κ1) is 21.7. The standard InChI is InChI=1S/C18H26N4OS.HI/c1-5-19-17(21-12-14-8-6-10-20-16(14)23-4)22-13-18(2,3)15-9-7-11-24-15;/h6-11H,5,12-13H2,1-4H3,(H2,19,21,22);1H. The number of nitrogens with zero attached hydrogens (tertiary/aromatic N) is 2. The third kappa shape index (κ3) is 6.47. The van der Waals surface area contributed by atoms with Gasteiger partial charge in [0, 0.05) is 35.1 Å². The van der Waals surface area contributed by atoms with E-state index < -0.39 is 0 Å². The lowest BCUT2D eigenvalue weighted by molar-refractivity contribution is 0.392. The summed E-state index contributed by atoms with van der Waals surface area (Å²) in [5, 5.41) is 8.85. The fraction of sp³-hybridized carbons (Fsp3) is 0.444. The van der Waals surface area contributed by atoms with Gasteiger partial charge < -0.3 is 15.4 Å². The van der Waals surface area contributed by atoms with Crippen LogP contribution in [-0.4, -0.2) is 31.1 Å². The highest BCUT2D eigenvalue weighted by molar-refractivity contribution is 14.0. The van der Waals surface area contributed by atoms with E-state index >= 15 is 0 Å². The molecule has 0 aliphatic carbocycles. The summed E-state index contributed by atoms with van der Waals surface area (Å²) in [6.45, 7) is 8.68. The van der Waals surface area contributed by atoms with Gasteiger partial charge in [-0.15, -0.1) is 35.3 Å². The SMILES string of the molecule is CCNC(=NCc1cccnc1OC)NCC(C)(C)c1cccs1.I. The molecule has 0 amide bonds. The van der Waals surface area contributed by atoms with Crippen LogP contribution in [0.3, 0.4) is 0 Å². The smallest absolute Gasteiger partial charge is 0.218 e. The van der Waals surface area contributed by atoms with Gasteiger partial charge in [0.15, 0.2) is 5.96 Å². The van der Waals surface area contributed by atoms with Crippen LogP contribution in [0.15, 0.2) is 40.8 Å². The number of nitrogens with one attached hydrogen (secondary N) is 2. The van der Waals surface area contributed by atoms with Crippen molar-refractivity contribution in [3.8, 4) is 5.88 Å². The summed E-state index contributed by atoms with van der Waals surface area (Å²) in [6, 6.07) is 8.15. The van der Waals surface area contributed by atoms with E-state index in [9.17, 15) is 0 Å². The van der Waals surface area contributed by atoms with E-state index in [-0.39, 0.29) is 29.4 Å². The molecular weight excluding hydrogens is 447 g/mol. The van der Waals surface area contributed by atoms with Gasteiger partial charge in [-0.05, 0) is 24.4 Å². The average Bonchev–Trinajstić information content (AvgIpc) is 3.13. The highest BCUT2D eigenvalue weighted by atomic mass is 127. The van der Waals surface area contributed by atoms with Crippen LogP contribution < -0.4 is 15.4 Å². The van der Waals surface area contributed by atoms with Crippen LogP contribution in [0.1, 0.15) is 31.2 Å². The van der Waals surface area contributed by atoms with Crippen molar-refractivity contribution >= 4 is 41.3 Å². The Morgan fingerprint density at radius 3 is 2.72 bits per heavy atom. The summed E-state index contributed by atoms with van der Waals surface area (Å²) in [5.41, 5.74) is 1.02. The maximum Gasteiger partial charge on any atom is 0.218 e. The van der Waals surface area contributed by atoms with E-state index in [1.807, 2.05) is 12.1 Å². The lowest BCUT2D eigenvalue weighted by atomic mass is 9.91. The summed E-state index contributed by atoms with van der Waals surface area (Å²) in [6.07, 6.45) is 1.72. The summed E-state index contributed by atoms with van der Waals surface area (Å²) >= 11 is 1.78. The van der Waals surface area contributed by atoms with E-state index in [1.54, 1.807) is 24.6 Å². The van der Waals surface area contributed by atoms with Gasteiger partial charge in [-0.25, -0.2) is 9.98 Å². The van der Waals surface area contributed by atoms with Crippen LogP contribution in [0.5, 0.6) is 5.88 Å². The zero-order valence-electron chi connectivity index (χ0n) is 15.2. The molecule has 0 atom stereocenters. The highest BCUT2D eigenvalue weighted by Crippen LogP contribution is 2.26. The summed E-state index contributed by atoms with van der Waals surface area (Å²) < 4.78 is 5.28. The molecule has 25 heavy (non-hydrogen) atoms. The molecule has 0 radical (unpaired) electrons. The van der Waals surface area contributed by atoms with Crippen molar-refractivity contribution in [2.24, 2.45) is 4.99 Å². The minimum absolute atomic E-state index is 0. The van der Waals surface area contributed by atoms with E-state index in [0.29, 0.717) is 12.4 Å². The molecule has 2 N–H and O–H groups in total. The Kier molecular flexibility index (Phi) is 9.20. The number of pyridine rings is 1. The van der Waals surface area contributed by atoms with Crippen molar-refractivity contribution in [1.29, 1.82) is 0 Å². The Labute approximate surface area is 171 Å². The molecule has 0 aliphatic heterocycles. The maximum atomic E-state index is 5.28. The van der Waals surface area contributed by atoms with Crippen molar-refractivity contribution in [3.05, 3.63) is 46.3 Å². The zero-order valence-corrected chi connectivity index (χ0v) is 18.4. The van der Waals surface area contributed by atoms with Crippen LogP contribution in [0, 0.1) is 0 Å². The van der Waals surface area contributed by atoms with E-state index in [0.717, 1.165) is 24.6 Å². The molecule has 7 heteroatoms. The average molecular weight is 474 g/mol. The Hall–Kier alpha value is -1.35. The molecule has 0 spiro atoms. The molecule has 138 valence electrons. The van der Waals surface area contributed by atoms with Crippen LogP contribution in [0.25, 0.3) is 0 Å². The van der Waals surface area contributed by atoms with Gasteiger partial charge >= 0.3 is 0 Å². The van der Waals surface area contributed by atoms with Crippen molar-refractivity contribution in [2.45, 2.75) is 32.7 Å². The number of hydrogen-bond donors (Lipinski definition) is 2. The minimum Gasteiger partial charge on any atom is -0.481 e. The molecule has 0 bridgehead atoms. The number of aliphatic imine (C=N–C) groups is 1. The summed E-state index contributed by atoms with van der Waals surface area (Å²) in [7, 11) is 1.63. The summed E-state index contributed by atoms with van der Waals surface area (Å²) in [4.78, 5) is 10.2. The fourth-order valence-electron chi connectivity index (χ4n) is 2.29. The first-order valence-corrected chi connectivity index (χ1v) is 8.99. The molecule has 0 aromatic carbocycles. The number of hydrogen-bond acceptors (Lipinski definition) is 4. The molecule has 0 saturated carbocycles. The Morgan fingerprint density at radius 2 is 2.08 bits per heavy atom. The van der Waals surface area contributed by atoms with Gasteiger partial charge in [-0.3, -0.25) is 0 Å². The van der Waals surface area contributed by atoms with Crippen LogP contribution in [0.4, 0.5) is 0 Å².